The second kappa shape index (κ2) is 8.66. The Balaban J connectivity index is 1.63. The zero-order valence-electron chi connectivity index (χ0n) is 15.4. The molecule has 0 radical (unpaired) electrons. The zero-order valence-corrected chi connectivity index (χ0v) is 17.8. The number of amides is 1. The third-order valence-electron chi connectivity index (χ3n) is 4.53. The maximum absolute atomic E-state index is 12.7. The summed E-state index contributed by atoms with van der Waals surface area (Å²) in [6.07, 6.45) is 0. The Hall–Kier alpha value is -2.21. The van der Waals surface area contributed by atoms with Crippen molar-refractivity contribution >= 4 is 50.2 Å². The fraction of sp³-hybridized carbons (Fsp3) is 0.353. The van der Waals surface area contributed by atoms with Crippen LogP contribution in [0, 0.1) is 10.1 Å². The van der Waals surface area contributed by atoms with Crippen LogP contribution in [0.1, 0.15) is 6.92 Å². The molecule has 9 nitrogen and oxygen atoms in total. The summed E-state index contributed by atoms with van der Waals surface area (Å²) in [5.41, 5.74) is 0.354. The van der Waals surface area contributed by atoms with E-state index < -0.39 is 21.0 Å². The van der Waals surface area contributed by atoms with Crippen molar-refractivity contribution in [3.8, 4) is 0 Å². The molecule has 1 N–H and O–H groups in total. The highest BCUT2D eigenvalue weighted by molar-refractivity contribution is 7.91. The second-order valence-corrected chi connectivity index (χ2v) is 9.80. The summed E-state index contributed by atoms with van der Waals surface area (Å²) in [6, 6.07) is 6.66. The van der Waals surface area contributed by atoms with Gasteiger partial charge in [0.25, 0.3) is 15.7 Å². The topological polar surface area (TPSA) is 113 Å². The van der Waals surface area contributed by atoms with E-state index in [1.807, 2.05) is 4.90 Å². The first-order valence-corrected chi connectivity index (χ1v) is 11.5. The number of nitro benzene ring substituents is 1. The predicted molar refractivity (Wildman–Crippen MR) is 111 cm³/mol. The average molecular weight is 459 g/mol. The lowest BCUT2D eigenvalue weighted by atomic mass is 10.2. The Morgan fingerprint density at radius 3 is 2.55 bits per heavy atom. The lowest BCUT2D eigenvalue weighted by Gasteiger charge is -2.36. The molecule has 3 rings (SSSR count). The predicted octanol–water partition coefficient (Wildman–Crippen LogP) is 2.33. The van der Waals surface area contributed by atoms with Gasteiger partial charge < -0.3 is 9.80 Å². The zero-order chi connectivity index (χ0) is 21.2. The number of hydrogen-bond donors (Lipinski definition) is 1. The van der Waals surface area contributed by atoms with Crippen LogP contribution in [0.2, 0.25) is 5.02 Å². The molecule has 1 aromatic carbocycles. The molecule has 1 amide bonds. The quantitative estimate of drug-likeness (QED) is 0.525. The van der Waals surface area contributed by atoms with Gasteiger partial charge in [-0.05, 0) is 30.5 Å². The Morgan fingerprint density at radius 1 is 1.28 bits per heavy atom. The molecule has 1 aliphatic rings. The normalized spacial score (nSPS) is 15.9. The molecule has 0 aliphatic carbocycles. The van der Waals surface area contributed by atoms with Gasteiger partial charge in [0.15, 0.2) is 0 Å². The van der Waals surface area contributed by atoms with Gasteiger partial charge in [-0.15, -0.1) is 11.3 Å². The van der Waals surface area contributed by atoms with Gasteiger partial charge >= 0.3 is 0 Å². The first-order chi connectivity index (χ1) is 13.7. The Morgan fingerprint density at radius 2 is 1.97 bits per heavy atom. The number of thiophene rings is 1. The molecule has 0 spiro atoms. The van der Waals surface area contributed by atoms with Gasteiger partial charge in [-0.3, -0.25) is 14.9 Å². The van der Waals surface area contributed by atoms with Crippen LogP contribution < -0.4 is 9.62 Å². The standard InChI is InChI=1S/C17H19ClN4O5S2/c1-12(19-29(26,27)16-3-2-10-28-16)17(23)21-8-6-20(7-9-21)14-5-4-13(18)11-15(14)22(24)25/h2-5,10-12,19H,6-9H2,1H3. The molecule has 12 heteroatoms. The maximum atomic E-state index is 12.7. The average Bonchev–Trinajstić information content (AvgIpc) is 3.23. The van der Waals surface area contributed by atoms with E-state index in [-0.39, 0.29) is 20.8 Å². The van der Waals surface area contributed by atoms with Gasteiger partial charge in [-0.1, -0.05) is 17.7 Å². The molecular weight excluding hydrogens is 440 g/mol. The third kappa shape index (κ3) is 4.86. The minimum absolute atomic E-state index is 0.0886. The minimum Gasteiger partial charge on any atom is -0.362 e. The van der Waals surface area contributed by atoms with Crippen molar-refractivity contribution in [3.05, 3.63) is 50.8 Å². The molecule has 0 bridgehead atoms. The van der Waals surface area contributed by atoms with Crippen LogP contribution in [0.4, 0.5) is 11.4 Å². The van der Waals surface area contributed by atoms with Crippen molar-refractivity contribution in [3.63, 3.8) is 0 Å². The first kappa shape index (κ1) is 21.5. The highest BCUT2D eigenvalue weighted by Crippen LogP contribution is 2.31. The van der Waals surface area contributed by atoms with Crippen LogP contribution in [0.3, 0.4) is 0 Å². The van der Waals surface area contributed by atoms with Gasteiger partial charge in [0.1, 0.15) is 9.90 Å². The number of piperazine rings is 1. The van der Waals surface area contributed by atoms with Crippen molar-refractivity contribution in [2.45, 2.75) is 17.2 Å². The highest BCUT2D eigenvalue weighted by atomic mass is 35.5. The number of nitrogens with one attached hydrogen (secondary N) is 1. The Kier molecular flexibility index (Phi) is 6.42. The SMILES string of the molecule is CC(NS(=O)(=O)c1cccs1)C(=O)N1CCN(c2ccc(Cl)cc2[N+](=O)[O-])CC1. The number of carbonyl (C=O) groups is 1. The highest BCUT2D eigenvalue weighted by Gasteiger charge is 2.30. The molecule has 1 atom stereocenters. The summed E-state index contributed by atoms with van der Waals surface area (Å²) < 4.78 is 27.2. The number of anilines is 1. The molecule has 0 saturated carbocycles. The Labute approximate surface area is 177 Å². The van der Waals surface area contributed by atoms with Crippen LogP contribution in [0.15, 0.2) is 39.9 Å². The van der Waals surface area contributed by atoms with Crippen LogP contribution in [-0.4, -0.2) is 56.4 Å². The van der Waals surface area contributed by atoms with Gasteiger partial charge in [-0.25, -0.2) is 8.42 Å². The molecule has 1 aromatic heterocycles. The number of nitro groups is 1. The Bertz CT molecular complexity index is 1000. The molecule has 1 aliphatic heterocycles. The maximum Gasteiger partial charge on any atom is 0.294 e. The van der Waals surface area contributed by atoms with Crippen LogP contribution in [0.25, 0.3) is 0 Å². The smallest absolute Gasteiger partial charge is 0.294 e. The summed E-state index contributed by atoms with van der Waals surface area (Å²) in [6.45, 7) is 2.93. The fourth-order valence-corrected chi connectivity index (χ4v) is 5.48. The van der Waals surface area contributed by atoms with Gasteiger partial charge in [-0.2, -0.15) is 4.72 Å². The summed E-state index contributed by atoms with van der Waals surface area (Å²) in [4.78, 5) is 26.9. The number of carbonyl (C=O) groups excluding carboxylic acids is 1. The van der Waals surface area contributed by atoms with E-state index in [2.05, 4.69) is 4.72 Å². The van der Waals surface area contributed by atoms with E-state index in [0.717, 1.165) is 11.3 Å². The summed E-state index contributed by atoms with van der Waals surface area (Å²) in [5.74, 6) is -0.338. The van der Waals surface area contributed by atoms with Crippen LogP contribution in [0.5, 0.6) is 0 Å². The number of sulfonamides is 1. The van der Waals surface area contributed by atoms with Gasteiger partial charge in [0, 0.05) is 37.3 Å². The number of halogens is 1. The number of hydrogen-bond acceptors (Lipinski definition) is 7. The number of rotatable bonds is 6. The number of nitrogens with zero attached hydrogens (tertiary/aromatic N) is 3. The first-order valence-electron chi connectivity index (χ1n) is 8.72. The summed E-state index contributed by atoms with van der Waals surface area (Å²) in [5, 5.41) is 13.2. The van der Waals surface area contributed by atoms with Gasteiger partial charge in [0.05, 0.1) is 11.0 Å². The molecule has 156 valence electrons. The van der Waals surface area contributed by atoms with E-state index in [1.54, 1.807) is 28.5 Å². The minimum atomic E-state index is -3.75. The molecule has 2 heterocycles. The molecule has 29 heavy (non-hydrogen) atoms. The molecule has 1 fully saturated rings. The fourth-order valence-electron chi connectivity index (χ4n) is 3.11. The van der Waals surface area contributed by atoms with Gasteiger partial charge in [0.2, 0.25) is 5.91 Å². The molecule has 2 aromatic rings. The number of benzene rings is 1. The summed E-state index contributed by atoms with van der Waals surface area (Å²) in [7, 11) is -3.75. The molecule has 1 saturated heterocycles. The summed E-state index contributed by atoms with van der Waals surface area (Å²) >= 11 is 6.93. The van der Waals surface area contributed by atoms with Crippen molar-refractivity contribution in [1.82, 2.24) is 9.62 Å². The van der Waals surface area contributed by atoms with Crippen LogP contribution >= 0.6 is 22.9 Å². The molecular formula is C17H19ClN4O5S2. The van der Waals surface area contributed by atoms with Crippen molar-refractivity contribution in [2.75, 3.05) is 31.1 Å². The van der Waals surface area contributed by atoms with Crippen molar-refractivity contribution in [1.29, 1.82) is 0 Å². The second-order valence-electron chi connectivity index (χ2n) is 6.48. The van der Waals surface area contributed by atoms with Crippen molar-refractivity contribution < 1.29 is 18.1 Å². The van der Waals surface area contributed by atoms with E-state index in [9.17, 15) is 23.3 Å². The third-order valence-corrected chi connectivity index (χ3v) is 7.70. The monoisotopic (exact) mass is 458 g/mol. The lowest BCUT2D eigenvalue weighted by molar-refractivity contribution is -0.384. The largest absolute Gasteiger partial charge is 0.362 e. The van der Waals surface area contributed by atoms with Crippen LogP contribution in [-0.2, 0) is 14.8 Å². The molecule has 1 unspecified atom stereocenters. The lowest BCUT2D eigenvalue weighted by Crippen LogP contribution is -2.54. The van der Waals surface area contributed by atoms with E-state index in [4.69, 9.17) is 11.6 Å². The van der Waals surface area contributed by atoms with E-state index in [0.29, 0.717) is 31.9 Å². The van der Waals surface area contributed by atoms with E-state index >= 15 is 0 Å². The van der Waals surface area contributed by atoms with E-state index in [1.165, 1.54) is 19.1 Å². The van der Waals surface area contributed by atoms with Crippen molar-refractivity contribution in [2.24, 2.45) is 0 Å².